The molecule has 0 spiro atoms. The molecule has 8 heteroatoms. The number of hydrogen-bond acceptors (Lipinski definition) is 5. The van der Waals surface area contributed by atoms with Gasteiger partial charge in [-0.25, -0.2) is 4.79 Å². The number of hydrogen-bond donors (Lipinski definition) is 3. The summed E-state index contributed by atoms with van der Waals surface area (Å²) in [6, 6.07) is 0. The third-order valence-electron chi connectivity index (χ3n) is 3.30. The van der Waals surface area contributed by atoms with Crippen LogP contribution in [0, 0.1) is 6.92 Å². The van der Waals surface area contributed by atoms with Crippen LogP contribution in [-0.4, -0.2) is 43.5 Å². The Balaban J connectivity index is 2.51. The molecule has 1 aliphatic heterocycles. The lowest BCUT2D eigenvalue weighted by Gasteiger charge is -2.26. The lowest BCUT2D eigenvalue weighted by Crippen LogP contribution is -2.43. The van der Waals surface area contributed by atoms with Crippen LogP contribution >= 0.6 is 11.6 Å². The fourth-order valence-electron chi connectivity index (χ4n) is 2.12. The number of nitrogens with zero attached hydrogens (tertiary/aromatic N) is 1. The molecule has 1 saturated heterocycles. The van der Waals surface area contributed by atoms with Crippen molar-refractivity contribution in [3.05, 3.63) is 32.6 Å². The summed E-state index contributed by atoms with van der Waals surface area (Å²) in [4.78, 5) is 24.0. The zero-order valence-corrected chi connectivity index (χ0v) is 11.2. The number of rotatable bonds is 2. The molecule has 106 valence electrons. The van der Waals surface area contributed by atoms with Crippen molar-refractivity contribution in [1.29, 1.82) is 0 Å². The predicted octanol–water partition coefficient (Wildman–Crippen LogP) is -0.907. The molecule has 0 bridgehead atoms. The second-order valence-electron chi connectivity index (χ2n) is 4.78. The van der Waals surface area contributed by atoms with E-state index in [1.807, 2.05) is 0 Å². The number of aliphatic hydroxyl groups excluding tert-OH is 2. The molecule has 0 saturated carbocycles. The van der Waals surface area contributed by atoms with E-state index in [-0.39, 0.29) is 0 Å². The summed E-state index contributed by atoms with van der Waals surface area (Å²) in [5.74, 6) is 0. The number of alkyl halides is 1. The smallest absolute Gasteiger partial charge is 0.330 e. The minimum Gasteiger partial charge on any atom is -0.394 e. The molecular weight excluding hydrogens is 276 g/mol. The summed E-state index contributed by atoms with van der Waals surface area (Å²) in [7, 11) is 0. The number of aryl methyl sites for hydroxylation is 1. The van der Waals surface area contributed by atoms with Crippen molar-refractivity contribution in [2.24, 2.45) is 0 Å². The lowest BCUT2D eigenvalue weighted by atomic mass is 10.0. The van der Waals surface area contributed by atoms with Crippen molar-refractivity contribution < 1.29 is 14.9 Å². The first-order valence-corrected chi connectivity index (χ1v) is 6.12. The van der Waals surface area contributed by atoms with E-state index in [0.717, 1.165) is 4.57 Å². The van der Waals surface area contributed by atoms with Gasteiger partial charge in [-0.15, -0.1) is 11.6 Å². The molecule has 4 atom stereocenters. The third-order valence-corrected chi connectivity index (χ3v) is 3.71. The minimum absolute atomic E-state index is 0.317. The number of aromatic nitrogens is 2. The summed E-state index contributed by atoms with van der Waals surface area (Å²) in [5, 5.41) is 19.1. The van der Waals surface area contributed by atoms with E-state index in [9.17, 15) is 14.7 Å². The Labute approximate surface area is 113 Å². The van der Waals surface area contributed by atoms with Crippen LogP contribution < -0.4 is 11.2 Å². The van der Waals surface area contributed by atoms with Crippen molar-refractivity contribution in [3.63, 3.8) is 0 Å². The van der Waals surface area contributed by atoms with Crippen molar-refractivity contribution in [3.8, 4) is 0 Å². The van der Waals surface area contributed by atoms with Crippen molar-refractivity contribution in [1.82, 2.24) is 9.55 Å². The standard InChI is InChI=1S/C11H15ClN2O5/c1-5-3-14(10(18)13-8(5)17)9-11(2,12)7(16)6(4-15)19-9/h3,6-7,9,15-16H,4H2,1-2H3,(H,13,17,18)/t6-,7-,9-,11-/m1/s1. The first-order chi connectivity index (χ1) is 8.78. The monoisotopic (exact) mass is 290 g/mol. The predicted molar refractivity (Wildman–Crippen MR) is 67.3 cm³/mol. The largest absolute Gasteiger partial charge is 0.394 e. The van der Waals surface area contributed by atoms with E-state index in [2.05, 4.69) is 4.98 Å². The van der Waals surface area contributed by atoms with Gasteiger partial charge in [0.1, 0.15) is 17.1 Å². The van der Waals surface area contributed by atoms with Crippen LogP contribution in [0.5, 0.6) is 0 Å². The molecule has 1 aromatic rings. The van der Waals surface area contributed by atoms with Gasteiger partial charge in [0.15, 0.2) is 6.23 Å². The molecular formula is C11H15ClN2O5. The highest BCUT2D eigenvalue weighted by Crippen LogP contribution is 2.42. The number of nitrogens with one attached hydrogen (secondary N) is 1. The third kappa shape index (κ3) is 2.23. The number of ether oxygens (including phenoxy) is 1. The van der Waals surface area contributed by atoms with Crippen molar-refractivity contribution in [2.45, 2.75) is 37.2 Å². The van der Waals surface area contributed by atoms with E-state index in [1.54, 1.807) is 0 Å². The first-order valence-electron chi connectivity index (χ1n) is 5.74. The molecule has 19 heavy (non-hydrogen) atoms. The molecule has 2 rings (SSSR count). The van der Waals surface area contributed by atoms with Gasteiger partial charge in [0.25, 0.3) is 5.56 Å². The highest BCUT2D eigenvalue weighted by atomic mass is 35.5. The quantitative estimate of drug-likeness (QED) is 0.612. The van der Waals surface area contributed by atoms with Gasteiger partial charge in [-0.05, 0) is 13.8 Å². The highest BCUT2D eigenvalue weighted by Gasteiger charge is 2.53. The van der Waals surface area contributed by atoms with E-state index in [4.69, 9.17) is 21.4 Å². The zero-order valence-electron chi connectivity index (χ0n) is 10.5. The van der Waals surface area contributed by atoms with Crippen molar-refractivity contribution >= 4 is 11.6 Å². The van der Waals surface area contributed by atoms with Gasteiger partial charge >= 0.3 is 5.69 Å². The molecule has 1 aliphatic rings. The average Bonchev–Trinajstić information content (AvgIpc) is 2.56. The van der Waals surface area contributed by atoms with Crippen LogP contribution in [0.3, 0.4) is 0 Å². The zero-order chi connectivity index (χ0) is 14.4. The van der Waals surface area contributed by atoms with Crippen LogP contribution in [0.15, 0.2) is 15.8 Å². The van der Waals surface area contributed by atoms with Gasteiger partial charge in [0.2, 0.25) is 0 Å². The van der Waals surface area contributed by atoms with Gasteiger partial charge in [0, 0.05) is 11.8 Å². The summed E-state index contributed by atoms with van der Waals surface area (Å²) in [5.41, 5.74) is -0.856. The molecule has 2 heterocycles. The molecule has 0 radical (unpaired) electrons. The molecule has 0 amide bonds. The maximum Gasteiger partial charge on any atom is 0.330 e. The fourth-order valence-corrected chi connectivity index (χ4v) is 2.42. The summed E-state index contributed by atoms with van der Waals surface area (Å²) in [6.07, 6.45) is -1.68. The van der Waals surface area contributed by atoms with Gasteiger partial charge in [0.05, 0.1) is 6.61 Å². The normalized spacial score (nSPS) is 34.7. The Morgan fingerprint density at radius 2 is 2.21 bits per heavy atom. The van der Waals surface area contributed by atoms with E-state index in [1.165, 1.54) is 20.0 Å². The Kier molecular flexibility index (Phi) is 3.57. The second-order valence-corrected chi connectivity index (χ2v) is 5.60. The molecule has 7 nitrogen and oxygen atoms in total. The molecule has 3 N–H and O–H groups in total. The molecule has 0 aliphatic carbocycles. The number of aliphatic hydroxyl groups is 2. The molecule has 0 unspecified atom stereocenters. The number of aromatic amines is 1. The van der Waals surface area contributed by atoms with E-state index in [0.29, 0.717) is 5.56 Å². The first kappa shape index (κ1) is 14.3. The fraction of sp³-hybridized carbons (Fsp3) is 0.636. The Bertz CT molecular complexity index is 593. The molecule has 0 aromatic carbocycles. The second kappa shape index (κ2) is 4.75. The summed E-state index contributed by atoms with van der Waals surface area (Å²) < 4.78 is 6.52. The summed E-state index contributed by atoms with van der Waals surface area (Å²) >= 11 is 6.22. The van der Waals surface area contributed by atoms with Crippen LogP contribution in [0.25, 0.3) is 0 Å². The van der Waals surface area contributed by atoms with E-state index < -0.39 is 41.2 Å². The van der Waals surface area contributed by atoms with Crippen LogP contribution in [0.4, 0.5) is 0 Å². The topological polar surface area (TPSA) is 105 Å². The SMILES string of the molecule is Cc1cn([C@@H]2O[C@H](CO)[C@@H](O)[C@@]2(C)Cl)c(=O)[nH]c1=O. The molecule has 1 fully saturated rings. The number of halogens is 1. The van der Waals surface area contributed by atoms with Crippen LogP contribution in [0.1, 0.15) is 18.7 Å². The average molecular weight is 291 g/mol. The van der Waals surface area contributed by atoms with Gasteiger partial charge in [-0.3, -0.25) is 14.3 Å². The number of H-pyrrole nitrogens is 1. The summed E-state index contributed by atoms with van der Waals surface area (Å²) in [6.45, 7) is 2.62. The van der Waals surface area contributed by atoms with Gasteiger partial charge in [-0.2, -0.15) is 0 Å². The van der Waals surface area contributed by atoms with Crippen LogP contribution in [0.2, 0.25) is 0 Å². The maximum atomic E-state index is 11.8. The van der Waals surface area contributed by atoms with E-state index >= 15 is 0 Å². The maximum absolute atomic E-state index is 11.8. The lowest BCUT2D eigenvalue weighted by molar-refractivity contribution is -0.0470. The minimum atomic E-state index is -1.29. The Morgan fingerprint density at radius 3 is 2.74 bits per heavy atom. The van der Waals surface area contributed by atoms with Crippen LogP contribution in [-0.2, 0) is 4.74 Å². The van der Waals surface area contributed by atoms with Gasteiger partial charge in [-0.1, -0.05) is 0 Å². The highest BCUT2D eigenvalue weighted by molar-refractivity contribution is 6.24. The Morgan fingerprint density at radius 1 is 1.58 bits per heavy atom. The Hall–Kier alpha value is -1.15. The van der Waals surface area contributed by atoms with Gasteiger partial charge < -0.3 is 14.9 Å². The van der Waals surface area contributed by atoms with Crippen molar-refractivity contribution in [2.75, 3.05) is 6.61 Å². The molecule has 1 aromatic heterocycles.